The number of hydrogen-bond donors (Lipinski definition) is 1. The van der Waals surface area contributed by atoms with E-state index < -0.39 is 0 Å². The molecule has 0 saturated carbocycles. The number of aryl methyl sites for hydroxylation is 1. The minimum atomic E-state index is 0.392. The summed E-state index contributed by atoms with van der Waals surface area (Å²) in [5.74, 6) is 0. The van der Waals surface area contributed by atoms with Crippen LogP contribution in [0.4, 0.5) is 0 Å². The van der Waals surface area contributed by atoms with Crippen molar-refractivity contribution in [3.63, 3.8) is 0 Å². The van der Waals surface area contributed by atoms with Gasteiger partial charge in [-0.2, -0.15) is 0 Å². The van der Waals surface area contributed by atoms with Crippen LogP contribution in [0.15, 0.2) is 30.8 Å². The predicted molar refractivity (Wildman–Crippen MR) is 98.2 cm³/mol. The van der Waals surface area contributed by atoms with Crippen LogP contribution in [0.5, 0.6) is 0 Å². The lowest BCUT2D eigenvalue weighted by molar-refractivity contribution is 0.317. The van der Waals surface area contributed by atoms with Gasteiger partial charge in [-0.1, -0.05) is 44.7 Å². The molecule has 0 radical (unpaired) electrons. The summed E-state index contributed by atoms with van der Waals surface area (Å²) in [4.78, 5) is 2.93. The number of benzene rings is 1. The number of nitrogens with two attached hydrogens (primary N) is 1. The molecule has 0 saturated heterocycles. The summed E-state index contributed by atoms with van der Waals surface area (Å²) < 4.78 is 0. The summed E-state index contributed by atoms with van der Waals surface area (Å²) in [5, 5.41) is 0. The second kappa shape index (κ2) is 5.68. The molecule has 1 heterocycles. The molecular weight excluding hydrogens is 286 g/mol. The highest BCUT2D eigenvalue weighted by atomic mass is 32.1. The summed E-state index contributed by atoms with van der Waals surface area (Å²) in [7, 11) is 0. The molecule has 1 aliphatic carbocycles. The summed E-state index contributed by atoms with van der Waals surface area (Å²) in [6.07, 6.45) is 3.62. The predicted octanol–water partition coefficient (Wildman–Crippen LogP) is 5.42. The van der Waals surface area contributed by atoms with Crippen LogP contribution >= 0.6 is 11.3 Å². The van der Waals surface area contributed by atoms with Crippen molar-refractivity contribution < 1.29 is 0 Å². The van der Waals surface area contributed by atoms with E-state index in [1.165, 1.54) is 45.5 Å². The maximum atomic E-state index is 5.96. The Labute approximate surface area is 137 Å². The molecule has 2 heteroatoms. The van der Waals surface area contributed by atoms with Crippen molar-refractivity contribution in [2.24, 2.45) is 11.1 Å². The Kier molecular flexibility index (Phi) is 4.00. The highest BCUT2D eigenvalue weighted by Crippen LogP contribution is 2.47. The van der Waals surface area contributed by atoms with Crippen LogP contribution < -0.4 is 5.73 Å². The second-order valence-corrected chi connectivity index (χ2v) is 8.30. The number of hydrogen-bond acceptors (Lipinski definition) is 2. The molecule has 0 aliphatic heterocycles. The van der Waals surface area contributed by atoms with Crippen LogP contribution in [-0.4, -0.2) is 0 Å². The first-order valence-corrected chi connectivity index (χ1v) is 8.83. The van der Waals surface area contributed by atoms with E-state index in [0.717, 1.165) is 6.42 Å². The van der Waals surface area contributed by atoms with Gasteiger partial charge in [-0.25, -0.2) is 0 Å². The Morgan fingerprint density at radius 1 is 1.32 bits per heavy atom. The van der Waals surface area contributed by atoms with Crippen LogP contribution in [0.3, 0.4) is 0 Å². The maximum Gasteiger partial charge on any atom is 0.0426 e. The summed E-state index contributed by atoms with van der Waals surface area (Å²) >= 11 is 1.96. The topological polar surface area (TPSA) is 26.0 Å². The molecule has 0 unspecified atom stereocenters. The highest BCUT2D eigenvalue weighted by Gasteiger charge is 2.31. The quantitative estimate of drug-likeness (QED) is 0.804. The van der Waals surface area contributed by atoms with E-state index in [0.29, 0.717) is 12.0 Å². The summed E-state index contributed by atoms with van der Waals surface area (Å²) in [6, 6.07) is 8.53. The van der Waals surface area contributed by atoms with Gasteiger partial charge in [0.25, 0.3) is 0 Å². The van der Waals surface area contributed by atoms with Crippen LogP contribution in [0.25, 0.3) is 16.0 Å². The molecule has 3 rings (SSSR count). The van der Waals surface area contributed by atoms with Gasteiger partial charge in [0.1, 0.15) is 0 Å². The third-order valence-corrected chi connectivity index (χ3v) is 6.01. The first-order valence-electron chi connectivity index (χ1n) is 8.02. The van der Waals surface area contributed by atoms with E-state index >= 15 is 0 Å². The molecule has 2 N–H and O–H groups in total. The van der Waals surface area contributed by atoms with Crippen molar-refractivity contribution in [1.29, 1.82) is 0 Å². The zero-order chi connectivity index (χ0) is 15.9. The van der Waals surface area contributed by atoms with Crippen LogP contribution in [0, 0.1) is 5.41 Å². The second-order valence-electron chi connectivity index (χ2n) is 7.19. The number of rotatable bonds is 3. The van der Waals surface area contributed by atoms with Crippen molar-refractivity contribution in [2.45, 2.75) is 46.6 Å². The molecule has 1 aliphatic rings. The zero-order valence-corrected chi connectivity index (χ0v) is 14.6. The van der Waals surface area contributed by atoms with E-state index in [9.17, 15) is 0 Å². The first-order chi connectivity index (χ1) is 10.4. The third-order valence-electron chi connectivity index (χ3n) is 4.68. The Hall–Kier alpha value is -1.38. The van der Waals surface area contributed by atoms with E-state index in [1.54, 1.807) is 4.88 Å². The third kappa shape index (κ3) is 2.66. The fourth-order valence-electron chi connectivity index (χ4n) is 3.48. The largest absolute Gasteiger partial charge is 0.326 e. The standard InChI is InChI=1S/C20H25NS/c1-13(2)18-16-11-20(3,4)10-9-17(16)22-19(18)15-8-6-5-7-14(15)12-21/h5-8H,1,9-12,21H2,2-4H3. The van der Waals surface area contributed by atoms with E-state index in [4.69, 9.17) is 5.73 Å². The van der Waals surface area contributed by atoms with Crippen molar-refractivity contribution in [2.75, 3.05) is 0 Å². The maximum absolute atomic E-state index is 5.96. The molecule has 0 atom stereocenters. The van der Waals surface area contributed by atoms with Gasteiger partial charge >= 0.3 is 0 Å². The molecule has 1 nitrogen and oxygen atoms in total. The van der Waals surface area contributed by atoms with Gasteiger partial charge in [0, 0.05) is 16.3 Å². The Balaban J connectivity index is 2.21. The molecule has 1 aromatic carbocycles. The number of allylic oxidation sites excluding steroid dienone is 1. The first kappa shape index (κ1) is 15.5. The molecule has 0 bridgehead atoms. The molecule has 116 valence electrons. The summed E-state index contributed by atoms with van der Waals surface area (Å²) in [5.41, 5.74) is 13.0. The fraction of sp³-hybridized carbons (Fsp3) is 0.400. The number of fused-ring (bicyclic) bond motifs is 1. The SMILES string of the molecule is C=C(C)c1c(-c2ccccc2CN)sc2c1CC(C)(C)CC2. The van der Waals surface area contributed by atoms with Gasteiger partial charge < -0.3 is 5.73 Å². The van der Waals surface area contributed by atoms with Gasteiger partial charge in [0.05, 0.1) is 0 Å². The lowest BCUT2D eigenvalue weighted by Gasteiger charge is -2.30. The van der Waals surface area contributed by atoms with Gasteiger partial charge in [0.15, 0.2) is 0 Å². The molecule has 2 aromatic rings. The summed E-state index contributed by atoms with van der Waals surface area (Å²) in [6.45, 7) is 11.7. The van der Waals surface area contributed by atoms with Crippen molar-refractivity contribution >= 4 is 16.9 Å². The molecule has 0 amide bonds. The van der Waals surface area contributed by atoms with Gasteiger partial charge in [-0.05, 0) is 59.4 Å². The highest BCUT2D eigenvalue weighted by molar-refractivity contribution is 7.16. The molecule has 0 fully saturated rings. The lowest BCUT2D eigenvalue weighted by atomic mass is 9.75. The minimum absolute atomic E-state index is 0.392. The van der Waals surface area contributed by atoms with Crippen LogP contribution in [0.2, 0.25) is 0 Å². The average molecular weight is 311 g/mol. The molecular formula is C20H25NS. The van der Waals surface area contributed by atoms with Gasteiger partial charge in [0.2, 0.25) is 0 Å². The molecule has 1 aromatic heterocycles. The lowest BCUT2D eigenvalue weighted by Crippen LogP contribution is -2.21. The Morgan fingerprint density at radius 3 is 2.73 bits per heavy atom. The van der Waals surface area contributed by atoms with Crippen molar-refractivity contribution in [3.8, 4) is 10.4 Å². The monoisotopic (exact) mass is 311 g/mol. The minimum Gasteiger partial charge on any atom is -0.326 e. The normalized spacial score (nSPS) is 16.4. The van der Waals surface area contributed by atoms with E-state index in [2.05, 4.69) is 51.6 Å². The molecule has 0 spiro atoms. The van der Waals surface area contributed by atoms with Crippen molar-refractivity contribution in [3.05, 3.63) is 52.4 Å². The Bertz CT molecular complexity index is 721. The van der Waals surface area contributed by atoms with Crippen LogP contribution in [-0.2, 0) is 19.4 Å². The zero-order valence-electron chi connectivity index (χ0n) is 13.8. The number of thiophene rings is 1. The van der Waals surface area contributed by atoms with E-state index in [-0.39, 0.29) is 0 Å². The van der Waals surface area contributed by atoms with Gasteiger partial charge in [-0.15, -0.1) is 11.3 Å². The fourth-order valence-corrected chi connectivity index (χ4v) is 4.94. The smallest absolute Gasteiger partial charge is 0.0426 e. The molecule has 22 heavy (non-hydrogen) atoms. The van der Waals surface area contributed by atoms with Gasteiger partial charge in [-0.3, -0.25) is 0 Å². The van der Waals surface area contributed by atoms with Crippen molar-refractivity contribution in [1.82, 2.24) is 0 Å². The Morgan fingerprint density at radius 2 is 2.05 bits per heavy atom. The van der Waals surface area contributed by atoms with E-state index in [1.807, 2.05) is 11.3 Å². The average Bonchev–Trinajstić information content (AvgIpc) is 2.84. The van der Waals surface area contributed by atoms with Crippen LogP contribution in [0.1, 0.15) is 48.8 Å².